The summed E-state index contributed by atoms with van der Waals surface area (Å²) in [5.74, 6) is 1.71. The molecule has 0 spiro atoms. The standard InChI is InChI=1S/C17H36N2O/c1-5-7-15-8-9-17(18-6-2)16(12-15)13-19(4)11-10-14(3)20/h14-18,20H,5-13H2,1-4H3. The van der Waals surface area contributed by atoms with E-state index in [0.29, 0.717) is 6.04 Å². The highest BCUT2D eigenvalue weighted by Gasteiger charge is 2.30. The van der Waals surface area contributed by atoms with Crippen LogP contribution in [0.15, 0.2) is 0 Å². The number of aliphatic hydroxyl groups is 1. The van der Waals surface area contributed by atoms with Crippen molar-refractivity contribution in [1.82, 2.24) is 10.2 Å². The molecule has 3 nitrogen and oxygen atoms in total. The van der Waals surface area contributed by atoms with E-state index in [4.69, 9.17) is 0 Å². The second kappa shape index (κ2) is 9.75. The fourth-order valence-corrected chi connectivity index (χ4v) is 3.66. The molecule has 1 rings (SSSR count). The minimum absolute atomic E-state index is 0.179. The normalized spacial score (nSPS) is 28.8. The fraction of sp³-hybridized carbons (Fsp3) is 1.00. The van der Waals surface area contributed by atoms with Gasteiger partial charge in [-0.15, -0.1) is 0 Å². The molecule has 4 unspecified atom stereocenters. The molecule has 0 amide bonds. The second-order valence-corrected chi connectivity index (χ2v) is 6.79. The summed E-state index contributed by atoms with van der Waals surface area (Å²) in [5.41, 5.74) is 0. The van der Waals surface area contributed by atoms with Crippen LogP contribution in [-0.4, -0.2) is 48.8 Å². The Morgan fingerprint density at radius 2 is 2.05 bits per heavy atom. The van der Waals surface area contributed by atoms with Gasteiger partial charge in [-0.3, -0.25) is 0 Å². The predicted octanol–water partition coefficient (Wildman–Crippen LogP) is 2.88. The summed E-state index contributed by atoms with van der Waals surface area (Å²) >= 11 is 0. The Kier molecular flexibility index (Phi) is 8.74. The largest absolute Gasteiger partial charge is 0.393 e. The summed E-state index contributed by atoms with van der Waals surface area (Å²) in [6.45, 7) is 9.66. The van der Waals surface area contributed by atoms with Gasteiger partial charge in [0.15, 0.2) is 0 Å². The highest BCUT2D eigenvalue weighted by molar-refractivity contribution is 4.86. The molecule has 1 fully saturated rings. The van der Waals surface area contributed by atoms with E-state index in [-0.39, 0.29) is 6.10 Å². The molecule has 1 saturated carbocycles. The van der Waals surface area contributed by atoms with Crippen molar-refractivity contribution in [3.63, 3.8) is 0 Å². The van der Waals surface area contributed by atoms with Crippen molar-refractivity contribution in [3.8, 4) is 0 Å². The van der Waals surface area contributed by atoms with Crippen molar-refractivity contribution in [2.24, 2.45) is 11.8 Å². The Bertz CT molecular complexity index is 245. The van der Waals surface area contributed by atoms with Gasteiger partial charge < -0.3 is 15.3 Å². The highest BCUT2D eigenvalue weighted by Crippen LogP contribution is 2.32. The van der Waals surface area contributed by atoms with Gasteiger partial charge in [-0.25, -0.2) is 0 Å². The zero-order valence-corrected chi connectivity index (χ0v) is 14.1. The number of nitrogens with zero attached hydrogens (tertiary/aromatic N) is 1. The number of rotatable bonds is 9. The van der Waals surface area contributed by atoms with Crippen LogP contribution >= 0.6 is 0 Å². The van der Waals surface area contributed by atoms with Crippen LogP contribution in [0.25, 0.3) is 0 Å². The summed E-state index contributed by atoms with van der Waals surface area (Å²) in [4.78, 5) is 2.41. The van der Waals surface area contributed by atoms with Crippen LogP contribution in [0.5, 0.6) is 0 Å². The third kappa shape index (κ3) is 6.55. The highest BCUT2D eigenvalue weighted by atomic mass is 16.3. The lowest BCUT2D eigenvalue weighted by Gasteiger charge is -2.38. The zero-order valence-electron chi connectivity index (χ0n) is 14.1. The molecule has 0 heterocycles. The maximum absolute atomic E-state index is 9.42. The average molecular weight is 284 g/mol. The molecular weight excluding hydrogens is 248 g/mol. The molecule has 0 radical (unpaired) electrons. The van der Waals surface area contributed by atoms with Crippen molar-refractivity contribution < 1.29 is 5.11 Å². The van der Waals surface area contributed by atoms with Gasteiger partial charge >= 0.3 is 0 Å². The average Bonchev–Trinajstić information content (AvgIpc) is 2.40. The van der Waals surface area contributed by atoms with Crippen molar-refractivity contribution in [1.29, 1.82) is 0 Å². The number of hydrogen-bond acceptors (Lipinski definition) is 3. The summed E-state index contributed by atoms with van der Waals surface area (Å²) in [7, 11) is 2.20. The van der Waals surface area contributed by atoms with Crippen LogP contribution in [0.1, 0.15) is 59.3 Å². The lowest BCUT2D eigenvalue weighted by molar-refractivity contribution is 0.129. The van der Waals surface area contributed by atoms with Gasteiger partial charge in [0.05, 0.1) is 6.10 Å². The predicted molar refractivity (Wildman–Crippen MR) is 87.0 cm³/mol. The van der Waals surface area contributed by atoms with Gasteiger partial charge in [-0.1, -0.05) is 26.7 Å². The Hall–Kier alpha value is -0.120. The first-order chi connectivity index (χ1) is 9.56. The van der Waals surface area contributed by atoms with E-state index in [1.165, 1.54) is 38.6 Å². The quantitative estimate of drug-likeness (QED) is 0.683. The molecule has 0 aliphatic heterocycles. The fourth-order valence-electron chi connectivity index (χ4n) is 3.66. The molecule has 0 aromatic heterocycles. The lowest BCUT2D eigenvalue weighted by atomic mass is 9.76. The zero-order chi connectivity index (χ0) is 15.0. The van der Waals surface area contributed by atoms with E-state index in [1.807, 2.05) is 6.92 Å². The molecule has 4 atom stereocenters. The topological polar surface area (TPSA) is 35.5 Å². The van der Waals surface area contributed by atoms with E-state index in [1.54, 1.807) is 0 Å². The molecule has 3 heteroatoms. The SMILES string of the molecule is CCCC1CCC(NCC)C(CN(C)CCC(C)O)C1. The van der Waals surface area contributed by atoms with Crippen LogP contribution in [0.3, 0.4) is 0 Å². The van der Waals surface area contributed by atoms with E-state index in [0.717, 1.165) is 31.3 Å². The third-order valence-electron chi connectivity index (χ3n) is 4.73. The Morgan fingerprint density at radius 3 is 2.65 bits per heavy atom. The Morgan fingerprint density at radius 1 is 1.30 bits per heavy atom. The van der Waals surface area contributed by atoms with Crippen molar-refractivity contribution >= 4 is 0 Å². The molecular formula is C17H36N2O. The molecule has 120 valence electrons. The smallest absolute Gasteiger partial charge is 0.0524 e. The first-order valence-electron chi connectivity index (χ1n) is 8.66. The molecule has 1 aliphatic carbocycles. The minimum atomic E-state index is -0.179. The van der Waals surface area contributed by atoms with Crippen molar-refractivity contribution in [3.05, 3.63) is 0 Å². The van der Waals surface area contributed by atoms with Gasteiger partial charge in [-0.2, -0.15) is 0 Å². The molecule has 0 saturated heterocycles. The van der Waals surface area contributed by atoms with Crippen molar-refractivity contribution in [2.75, 3.05) is 26.7 Å². The minimum Gasteiger partial charge on any atom is -0.393 e. The number of nitrogens with one attached hydrogen (secondary N) is 1. The molecule has 2 N–H and O–H groups in total. The van der Waals surface area contributed by atoms with Gasteiger partial charge in [0.1, 0.15) is 0 Å². The molecule has 0 aromatic carbocycles. The Balaban J connectivity index is 2.46. The van der Waals surface area contributed by atoms with Gasteiger partial charge in [0, 0.05) is 19.1 Å². The molecule has 20 heavy (non-hydrogen) atoms. The van der Waals surface area contributed by atoms with Crippen LogP contribution in [-0.2, 0) is 0 Å². The molecule has 0 bridgehead atoms. The van der Waals surface area contributed by atoms with Gasteiger partial charge in [0.25, 0.3) is 0 Å². The second-order valence-electron chi connectivity index (χ2n) is 6.79. The summed E-state index contributed by atoms with van der Waals surface area (Å²) in [6.07, 6.45) is 7.54. The number of aliphatic hydroxyl groups excluding tert-OH is 1. The monoisotopic (exact) mass is 284 g/mol. The van der Waals surface area contributed by atoms with Crippen molar-refractivity contribution in [2.45, 2.75) is 71.4 Å². The number of hydrogen-bond donors (Lipinski definition) is 2. The molecule has 1 aliphatic rings. The Labute approximate surface area is 126 Å². The van der Waals surface area contributed by atoms with Gasteiger partial charge in [-0.05, 0) is 58.0 Å². The van der Waals surface area contributed by atoms with Crippen LogP contribution in [0.2, 0.25) is 0 Å². The summed E-state index contributed by atoms with van der Waals surface area (Å²) in [6, 6.07) is 0.696. The van der Waals surface area contributed by atoms with E-state index in [2.05, 4.69) is 31.1 Å². The first kappa shape index (κ1) is 17.9. The van der Waals surface area contributed by atoms with E-state index in [9.17, 15) is 5.11 Å². The van der Waals surface area contributed by atoms with E-state index >= 15 is 0 Å². The van der Waals surface area contributed by atoms with Crippen LogP contribution in [0, 0.1) is 11.8 Å². The van der Waals surface area contributed by atoms with Gasteiger partial charge in [0.2, 0.25) is 0 Å². The molecule has 0 aromatic rings. The first-order valence-corrected chi connectivity index (χ1v) is 8.66. The summed E-state index contributed by atoms with van der Waals surface area (Å²) < 4.78 is 0. The lowest BCUT2D eigenvalue weighted by Crippen LogP contribution is -2.45. The van der Waals surface area contributed by atoms with Crippen LogP contribution < -0.4 is 5.32 Å². The summed E-state index contributed by atoms with van der Waals surface area (Å²) in [5, 5.41) is 13.1. The maximum atomic E-state index is 9.42. The third-order valence-corrected chi connectivity index (χ3v) is 4.73. The van der Waals surface area contributed by atoms with E-state index < -0.39 is 0 Å². The van der Waals surface area contributed by atoms with Crippen LogP contribution in [0.4, 0.5) is 0 Å². The maximum Gasteiger partial charge on any atom is 0.0524 e.